The minimum atomic E-state index is -2.31. The molecule has 142 valence electrons. The van der Waals surface area contributed by atoms with E-state index in [1.165, 1.54) is 11.9 Å². The van der Waals surface area contributed by atoms with E-state index in [-0.39, 0.29) is 0 Å². The predicted molar refractivity (Wildman–Crippen MR) is 85.0 cm³/mol. The SMILES string of the molecule is CN(C(=O)/C=C/C(=O)OCc1c(F)c(F)c(F)c(F)c1F)c1ccccc1. The number of benzene rings is 2. The molecule has 2 rings (SSSR count). The third-order valence-electron chi connectivity index (χ3n) is 3.50. The van der Waals surface area contributed by atoms with E-state index < -0.39 is 53.1 Å². The second-order valence-electron chi connectivity index (χ2n) is 5.22. The van der Waals surface area contributed by atoms with Crippen molar-refractivity contribution in [3.8, 4) is 0 Å². The molecule has 27 heavy (non-hydrogen) atoms. The minimum Gasteiger partial charge on any atom is -0.457 e. The van der Waals surface area contributed by atoms with Gasteiger partial charge in [0.2, 0.25) is 5.82 Å². The third kappa shape index (κ3) is 4.49. The minimum absolute atomic E-state index is 0.543. The Balaban J connectivity index is 2.03. The van der Waals surface area contributed by atoms with Crippen LogP contribution in [0.3, 0.4) is 0 Å². The van der Waals surface area contributed by atoms with Crippen molar-refractivity contribution in [2.75, 3.05) is 11.9 Å². The molecule has 0 radical (unpaired) electrons. The highest BCUT2D eigenvalue weighted by atomic mass is 19.2. The van der Waals surface area contributed by atoms with E-state index in [9.17, 15) is 31.5 Å². The number of likely N-dealkylation sites (N-methyl/N-ethyl adjacent to an activating group) is 1. The van der Waals surface area contributed by atoms with E-state index in [4.69, 9.17) is 0 Å². The van der Waals surface area contributed by atoms with Crippen molar-refractivity contribution in [3.05, 3.63) is 77.1 Å². The van der Waals surface area contributed by atoms with E-state index in [1.54, 1.807) is 30.3 Å². The molecule has 0 aliphatic carbocycles. The Morgan fingerprint density at radius 1 is 0.889 bits per heavy atom. The maximum atomic E-state index is 13.5. The zero-order valence-electron chi connectivity index (χ0n) is 13.8. The second-order valence-corrected chi connectivity index (χ2v) is 5.22. The summed E-state index contributed by atoms with van der Waals surface area (Å²) >= 11 is 0. The van der Waals surface area contributed by atoms with Crippen LogP contribution >= 0.6 is 0 Å². The molecule has 0 atom stereocenters. The van der Waals surface area contributed by atoms with Crippen molar-refractivity contribution < 1.29 is 36.3 Å². The maximum absolute atomic E-state index is 13.5. The third-order valence-corrected chi connectivity index (χ3v) is 3.50. The lowest BCUT2D eigenvalue weighted by atomic mass is 10.2. The van der Waals surface area contributed by atoms with Gasteiger partial charge < -0.3 is 9.64 Å². The van der Waals surface area contributed by atoms with Gasteiger partial charge in [0.05, 0.1) is 5.56 Å². The summed E-state index contributed by atoms with van der Waals surface area (Å²) in [6.45, 7) is -1.20. The fourth-order valence-electron chi connectivity index (χ4n) is 2.00. The summed E-state index contributed by atoms with van der Waals surface area (Å²) in [6, 6.07) is 8.43. The van der Waals surface area contributed by atoms with Gasteiger partial charge in [-0.3, -0.25) is 4.79 Å². The van der Waals surface area contributed by atoms with Crippen LogP contribution in [0, 0.1) is 29.1 Å². The average Bonchev–Trinajstić information content (AvgIpc) is 2.69. The Morgan fingerprint density at radius 2 is 1.41 bits per heavy atom. The van der Waals surface area contributed by atoms with Crippen LogP contribution in [0.4, 0.5) is 27.6 Å². The molecule has 9 heteroatoms. The number of para-hydroxylation sites is 1. The van der Waals surface area contributed by atoms with Gasteiger partial charge in [-0.15, -0.1) is 0 Å². The summed E-state index contributed by atoms with van der Waals surface area (Å²) in [5.74, 6) is -12.6. The van der Waals surface area contributed by atoms with Gasteiger partial charge in [0, 0.05) is 24.9 Å². The smallest absolute Gasteiger partial charge is 0.331 e. The van der Waals surface area contributed by atoms with Crippen molar-refractivity contribution in [3.63, 3.8) is 0 Å². The summed E-state index contributed by atoms with van der Waals surface area (Å²) < 4.78 is 70.4. The van der Waals surface area contributed by atoms with Crippen LogP contribution in [0.1, 0.15) is 5.56 Å². The van der Waals surface area contributed by atoms with Crippen molar-refractivity contribution in [1.82, 2.24) is 0 Å². The summed E-state index contributed by atoms with van der Waals surface area (Å²) in [4.78, 5) is 24.7. The quantitative estimate of drug-likeness (QED) is 0.260. The van der Waals surface area contributed by atoms with E-state index >= 15 is 0 Å². The first-order valence-electron chi connectivity index (χ1n) is 7.42. The van der Waals surface area contributed by atoms with Crippen molar-refractivity contribution >= 4 is 17.6 Å². The number of anilines is 1. The first kappa shape index (κ1) is 20.1. The van der Waals surface area contributed by atoms with Gasteiger partial charge in [0.25, 0.3) is 5.91 Å². The van der Waals surface area contributed by atoms with Crippen LogP contribution in [0.2, 0.25) is 0 Å². The molecule has 0 saturated heterocycles. The number of esters is 1. The highest BCUT2D eigenvalue weighted by molar-refractivity contribution is 6.03. The molecule has 4 nitrogen and oxygen atoms in total. The number of nitrogens with zero attached hydrogens (tertiary/aromatic N) is 1. The van der Waals surface area contributed by atoms with Gasteiger partial charge in [-0.2, -0.15) is 0 Å². The molecule has 0 heterocycles. The molecule has 0 saturated carbocycles. The number of halogens is 5. The number of hydrogen-bond acceptors (Lipinski definition) is 3. The normalized spacial score (nSPS) is 10.9. The van der Waals surface area contributed by atoms with E-state index in [1.807, 2.05) is 0 Å². The van der Waals surface area contributed by atoms with Crippen LogP contribution in [-0.4, -0.2) is 18.9 Å². The second kappa shape index (κ2) is 8.43. The molecule has 1 amide bonds. The van der Waals surface area contributed by atoms with Crippen LogP contribution in [-0.2, 0) is 20.9 Å². The van der Waals surface area contributed by atoms with Gasteiger partial charge in [0.1, 0.15) is 6.61 Å². The molecular formula is C18H12F5NO3. The number of carbonyl (C=O) groups is 2. The lowest BCUT2D eigenvalue weighted by Gasteiger charge is -2.14. The summed E-state index contributed by atoms with van der Waals surface area (Å²) in [5.41, 5.74) is -0.747. The Kier molecular flexibility index (Phi) is 6.27. The highest BCUT2D eigenvalue weighted by Gasteiger charge is 2.26. The highest BCUT2D eigenvalue weighted by Crippen LogP contribution is 2.23. The number of carbonyl (C=O) groups excluding carboxylic acids is 2. The van der Waals surface area contributed by atoms with Crippen molar-refractivity contribution in [2.45, 2.75) is 6.61 Å². The molecule has 2 aromatic carbocycles. The van der Waals surface area contributed by atoms with Crippen molar-refractivity contribution in [1.29, 1.82) is 0 Å². The molecule has 0 bridgehead atoms. The van der Waals surface area contributed by atoms with Gasteiger partial charge in [0.15, 0.2) is 23.3 Å². The Morgan fingerprint density at radius 3 is 1.96 bits per heavy atom. The van der Waals surface area contributed by atoms with E-state index in [2.05, 4.69) is 4.74 Å². The summed E-state index contributed by atoms with van der Waals surface area (Å²) in [5, 5.41) is 0. The predicted octanol–water partition coefficient (Wildman–Crippen LogP) is 3.64. The van der Waals surface area contributed by atoms with Gasteiger partial charge in [-0.1, -0.05) is 18.2 Å². The maximum Gasteiger partial charge on any atom is 0.331 e. The first-order chi connectivity index (χ1) is 12.7. The molecule has 0 spiro atoms. The molecule has 2 aromatic rings. The van der Waals surface area contributed by atoms with Crippen LogP contribution in [0.25, 0.3) is 0 Å². The fourth-order valence-corrected chi connectivity index (χ4v) is 2.00. The van der Waals surface area contributed by atoms with E-state index in [0.717, 1.165) is 6.08 Å². The molecule has 0 unspecified atom stereocenters. The van der Waals surface area contributed by atoms with E-state index in [0.29, 0.717) is 11.8 Å². The Hall–Kier alpha value is -3.23. The number of amides is 1. The zero-order chi connectivity index (χ0) is 20.1. The van der Waals surface area contributed by atoms with Gasteiger partial charge in [-0.25, -0.2) is 26.7 Å². The molecular weight excluding hydrogens is 373 g/mol. The number of rotatable bonds is 5. The lowest BCUT2D eigenvalue weighted by Crippen LogP contribution is -2.24. The largest absolute Gasteiger partial charge is 0.457 e. The fraction of sp³-hybridized carbons (Fsp3) is 0.111. The monoisotopic (exact) mass is 385 g/mol. The zero-order valence-corrected chi connectivity index (χ0v) is 13.8. The Bertz CT molecular complexity index is 871. The average molecular weight is 385 g/mol. The van der Waals surface area contributed by atoms with Crippen LogP contribution in [0.5, 0.6) is 0 Å². The van der Waals surface area contributed by atoms with Crippen LogP contribution < -0.4 is 4.90 Å². The molecule has 0 aromatic heterocycles. The van der Waals surface area contributed by atoms with Gasteiger partial charge in [-0.05, 0) is 12.1 Å². The van der Waals surface area contributed by atoms with Crippen molar-refractivity contribution in [2.24, 2.45) is 0 Å². The summed E-state index contributed by atoms with van der Waals surface area (Å²) in [6.07, 6.45) is 1.52. The Labute approximate surface area is 150 Å². The number of hydrogen-bond donors (Lipinski definition) is 0. The first-order valence-corrected chi connectivity index (χ1v) is 7.42. The molecule has 0 N–H and O–H groups in total. The van der Waals surface area contributed by atoms with Crippen LogP contribution in [0.15, 0.2) is 42.5 Å². The molecule has 0 aliphatic rings. The number of ether oxygens (including phenoxy) is 1. The molecule has 0 aliphatic heterocycles. The lowest BCUT2D eigenvalue weighted by molar-refractivity contribution is -0.139. The van der Waals surface area contributed by atoms with Gasteiger partial charge >= 0.3 is 5.97 Å². The summed E-state index contributed by atoms with van der Waals surface area (Å²) in [7, 11) is 1.45. The molecule has 0 fully saturated rings. The topological polar surface area (TPSA) is 46.6 Å². The standard InChI is InChI=1S/C18H12F5NO3/c1-24(10-5-3-2-4-6-10)12(25)7-8-13(26)27-9-11-14(19)16(21)18(23)17(22)15(11)20/h2-8H,9H2,1H3/b8-7+.